The van der Waals surface area contributed by atoms with Gasteiger partial charge in [0.05, 0.1) is 25.2 Å². The maximum absolute atomic E-state index is 14.9. The molecule has 1 saturated heterocycles. The quantitative estimate of drug-likeness (QED) is 0.226. The molecule has 0 bridgehead atoms. The van der Waals surface area contributed by atoms with Gasteiger partial charge >= 0.3 is 6.18 Å². The number of nitrogens with one attached hydrogen (secondary N) is 4. The number of hydrogen-bond acceptors (Lipinski definition) is 11. The van der Waals surface area contributed by atoms with Gasteiger partial charge in [-0.3, -0.25) is 52.7 Å². The highest BCUT2D eigenvalue weighted by Crippen LogP contribution is 2.32. The molecule has 1 aromatic carbocycles. The van der Waals surface area contributed by atoms with Gasteiger partial charge in [0.15, 0.2) is 0 Å². The lowest BCUT2D eigenvalue weighted by Crippen LogP contribution is -2.63. The van der Waals surface area contributed by atoms with E-state index in [0.29, 0.717) is 18.6 Å². The second kappa shape index (κ2) is 33.1. The van der Waals surface area contributed by atoms with Crippen molar-refractivity contribution in [3.63, 3.8) is 0 Å². The molecule has 0 aromatic heterocycles. The van der Waals surface area contributed by atoms with Crippen molar-refractivity contribution in [2.45, 2.75) is 200 Å². The Labute approximate surface area is 517 Å². The number of likely N-dealkylation sites (N-methyl/N-ethyl adjacent to an activating group) is 7. The summed E-state index contributed by atoms with van der Waals surface area (Å²) in [5.74, 6) is -10.1. The molecule has 8 atom stereocenters. The molecule has 11 amide bonds. The van der Waals surface area contributed by atoms with E-state index in [1.54, 1.807) is 27.7 Å². The van der Waals surface area contributed by atoms with Crippen molar-refractivity contribution in [3.05, 3.63) is 35.1 Å². The first kappa shape index (κ1) is 75.4. The first-order valence-electron chi connectivity index (χ1n) is 30.6. The molecule has 3 rings (SSSR count). The molecule has 2 aliphatic rings. The van der Waals surface area contributed by atoms with Crippen LogP contribution in [0.4, 0.5) is 17.6 Å². The van der Waals surface area contributed by atoms with Gasteiger partial charge in [-0.2, -0.15) is 13.2 Å². The van der Waals surface area contributed by atoms with Crippen LogP contribution in [0.1, 0.15) is 151 Å². The Morgan fingerprint density at radius 2 is 1.17 bits per heavy atom. The molecule has 1 saturated carbocycles. The first-order valence-corrected chi connectivity index (χ1v) is 30.6. The van der Waals surface area contributed by atoms with Gasteiger partial charge in [-0.05, 0) is 101 Å². The van der Waals surface area contributed by atoms with E-state index in [2.05, 4.69) is 21.3 Å². The highest BCUT2D eigenvalue weighted by molar-refractivity contribution is 5.98. The highest BCUT2D eigenvalue weighted by atomic mass is 19.4. The van der Waals surface area contributed by atoms with Crippen LogP contribution in [-0.4, -0.2) is 216 Å². The molecule has 4 N–H and O–H groups in total. The number of benzene rings is 1. The second-order valence-corrected chi connectivity index (χ2v) is 25.7. The Kier molecular flexibility index (Phi) is 28.3. The number of halogens is 4. The molecule has 22 nitrogen and oxygen atoms in total. The minimum atomic E-state index is -5.00. The molecule has 1 heterocycles. The Morgan fingerprint density at radius 3 is 1.72 bits per heavy atom. The van der Waals surface area contributed by atoms with Crippen LogP contribution in [0.5, 0.6) is 0 Å². The van der Waals surface area contributed by atoms with Gasteiger partial charge in [-0.1, -0.05) is 86.1 Å². The van der Waals surface area contributed by atoms with E-state index in [9.17, 15) is 70.3 Å². The Bertz CT molecular complexity index is 2650. The van der Waals surface area contributed by atoms with Crippen molar-refractivity contribution >= 4 is 65.0 Å². The summed E-state index contributed by atoms with van der Waals surface area (Å²) in [6.45, 7) is 15.0. The smallest absolute Gasteiger partial charge is 0.343 e. The van der Waals surface area contributed by atoms with Crippen molar-refractivity contribution in [3.8, 4) is 0 Å². The average Bonchev–Trinajstić information content (AvgIpc) is 2.45. The summed E-state index contributed by atoms with van der Waals surface area (Å²) >= 11 is 0. The maximum atomic E-state index is 14.9. The van der Waals surface area contributed by atoms with E-state index >= 15 is 0 Å². The highest BCUT2D eigenvalue weighted by Gasteiger charge is 2.43. The summed E-state index contributed by atoms with van der Waals surface area (Å²) in [6.07, 6.45) is -0.824. The van der Waals surface area contributed by atoms with Crippen LogP contribution in [0.3, 0.4) is 0 Å². The summed E-state index contributed by atoms with van der Waals surface area (Å²) in [4.78, 5) is 165. The molecule has 496 valence electrons. The normalized spacial score (nSPS) is 25.3. The van der Waals surface area contributed by atoms with Crippen molar-refractivity contribution < 1.29 is 70.3 Å². The van der Waals surface area contributed by atoms with Crippen molar-refractivity contribution in [1.82, 2.24) is 55.6 Å². The predicted octanol–water partition coefficient (Wildman–Crippen LogP) is 4.36. The van der Waals surface area contributed by atoms with E-state index in [4.69, 9.17) is 0 Å². The van der Waals surface area contributed by atoms with E-state index < -0.39 is 156 Å². The fourth-order valence-corrected chi connectivity index (χ4v) is 10.7. The van der Waals surface area contributed by atoms with Crippen molar-refractivity contribution in [2.75, 3.05) is 69.0 Å². The molecule has 1 aliphatic heterocycles. The lowest BCUT2D eigenvalue weighted by molar-refractivity contribution is -0.149. The zero-order valence-corrected chi connectivity index (χ0v) is 54.8. The Morgan fingerprint density at radius 1 is 0.614 bits per heavy atom. The van der Waals surface area contributed by atoms with Gasteiger partial charge in [-0.15, -0.1) is 0 Å². The summed E-state index contributed by atoms with van der Waals surface area (Å²) in [5.41, 5.74) is -3.19. The number of alkyl halides is 3. The van der Waals surface area contributed by atoms with Gasteiger partial charge in [-0.25, -0.2) is 4.39 Å². The lowest BCUT2D eigenvalue weighted by Gasteiger charge is -2.39. The molecule has 1 aliphatic carbocycles. The SMILES string of the molecule is CCC(C)[C@@H]1NC(=O)[C@H](C)N(C)C(=O)C[C@@H](C)N(C)C(=O)[C@H](CC(C)C)NC(=O)C(C)(C)N(C)C(=O)[C@H](CC(C)C)NC(=O)[C@H](CCc2ccc(C(F)(F)F)c(F)c2)NC(=O)CN(C)C(=O)[C@H](CC2CCCCC2)N(C)C(=O)CN(C)C(=O)CN(C)C1=O. The summed E-state index contributed by atoms with van der Waals surface area (Å²) in [6, 6.07) is -6.02. The molecule has 88 heavy (non-hydrogen) atoms. The average molecular weight is 1250 g/mol. The van der Waals surface area contributed by atoms with E-state index in [0.717, 1.165) is 57.8 Å². The van der Waals surface area contributed by atoms with Crippen LogP contribution in [-0.2, 0) is 65.3 Å². The number of aryl methyl sites for hydroxylation is 1. The molecule has 0 spiro atoms. The molecule has 26 heteroatoms. The van der Waals surface area contributed by atoms with Gasteiger partial charge in [0, 0.05) is 61.8 Å². The maximum Gasteiger partial charge on any atom is 0.419 e. The predicted molar refractivity (Wildman–Crippen MR) is 322 cm³/mol. The van der Waals surface area contributed by atoms with E-state index in [1.165, 1.54) is 84.8 Å². The topological polar surface area (TPSA) is 259 Å². The third kappa shape index (κ3) is 21.1. The number of nitrogens with zero attached hydrogens (tertiary/aromatic N) is 7. The van der Waals surface area contributed by atoms with Crippen molar-refractivity contribution in [1.29, 1.82) is 0 Å². The van der Waals surface area contributed by atoms with Crippen LogP contribution in [0, 0.1) is 29.5 Å². The molecule has 1 aromatic rings. The van der Waals surface area contributed by atoms with Crippen LogP contribution in [0.2, 0.25) is 0 Å². The monoisotopic (exact) mass is 1250 g/mol. The minimum Gasteiger partial charge on any atom is -0.343 e. The number of carbonyl (C=O) groups excluding carboxylic acids is 11. The molecular weight excluding hydrogens is 1150 g/mol. The van der Waals surface area contributed by atoms with Gasteiger partial charge in [0.2, 0.25) is 65.0 Å². The fraction of sp³-hybridized carbons (Fsp3) is 0.726. The third-order valence-electron chi connectivity index (χ3n) is 17.4. The number of rotatable bonds is 11. The zero-order chi connectivity index (χ0) is 67.0. The second-order valence-electron chi connectivity index (χ2n) is 25.7. The summed E-state index contributed by atoms with van der Waals surface area (Å²) < 4.78 is 55.6. The van der Waals surface area contributed by atoms with E-state index in [1.807, 2.05) is 20.8 Å². The van der Waals surface area contributed by atoms with Gasteiger partial charge < -0.3 is 55.6 Å². The third-order valence-corrected chi connectivity index (χ3v) is 17.4. The molecular formula is C62H99F4N11O11. The number of hydrogen-bond donors (Lipinski definition) is 4. The number of amides is 11. The van der Waals surface area contributed by atoms with Crippen LogP contribution >= 0.6 is 0 Å². The Balaban J connectivity index is 2.18. The van der Waals surface area contributed by atoms with Crippen molar-refractivity contribution in [2.24, 2.45) is 23.7 Å². The van der Waals surface area contributed by atoms with Crippen LogP contribution in [0.15, 0.2) is 18.2 Å². The van der Waals surface area contributed by atoms with Crippen LogP contribution < -0.4 is 21.3 Å². The lowest BCUT2D eigenvalue weighted by atomic mass is 9.84. The fourth-order valence-electron chi connectivity index (χ4n) is 10.7. The van der Waals surface area contributed by atoms with E-state index in [-0.39, 0.29) is 61.8 Å². The molecule has 1 unspecified atom stereocenters. The first-order chi connectivity index (χ1) is 40.7. The summed E-state index contributed by atoms with van der Waals surface area (Å²) in [5, 5.41) is 10.9. The zero-order valence-electron chi connectivity index (χ0n) is 54.8. The molecule has 2 fully saturated rings. The van der Waals surface area contributed by atoms with Gasteiger partial charge in [0.25, 0.3) is 0 Å². The summed E-state index contributed by atoms with van der Waals surface area (Å²) in [7, 11) is 9.67. The number of carbonyl (C=O) groups is 11. The molecule has 0 radical (unpaired) electrons. The minimum absolute atomic E-state index is 0.00296. The standard InChI is InChI=1S/C62H99F4N11O11/c1-18-38(6)53-59(87)73(13)34-51(80)71(11)35-52(81)76(16)48(32-41-22-20-19-21-23-41)58(86)72(12)33-49(78)67-45(27-25-42-24-26-43(44(63)31-42)62(64,65)66)55(83)68-47(29-37(4)5)57(85)77(17)61(9,10)60(88)69-46(28-36(2)3)56(84)74(14)39(7)30-50(79)75(15)40(8)54(82)70-53/h24,26,31,36-41,45-48,53H,18-23,25,27-30,32-35H2,1-17H3,(H,67,78)(H,68,83)(H,69,88)(H,70,82)/t38?,39-,40+,45+,46+,47+,48+,53+/m1/s1. The Hall–Kier alpha value is -6.89. The largest absolute Gasteiger partial charge is 0.419 e. The van der Waals surface area contributed by atoms with Crippen LogP contribution in [0.25, 0.3) is 0 Å². The van der Waals surface area contributed by atoms with Gasteiger partial charge in [0.1, 0.15) is 47.6 Å².